The average Bonchev–Trinajstić information content (AvgIpc) is 2.69. The molecule has 28 heavy (non-hydrogen) atoms. The zero-order chi connectivity index (χ0) is 20.1. The molecule has 150 valence electrons. The lowest BCUT2D eigenvalue weighted by Gasteiger charge is -2.26. The Morgan fingerprint density at radius 2 is 1.86 bits per heavy atom. The molecule has 1 N–H and O–H groups in total. The number of amides is 1. The number of sulfonamides is 1. The van der Waals surface area contributed by atoms with Crippen molar-refractivity contribution >= 4 is 44.2 Å². The second-order valence-corrected chi connectivity index (χ2v) is 9.47. The second kappa shape index (κ2) is 9.21. The van der Waals surface area contributed by atoms with Crippen LogP contribution in [0, 0.1) is 10.5 Å². The second-order valence-electron chi connectivity index (χ2n) is 6.29. The minimum Gasteiger partial charge on any atom is -0.483 e. The molecule has 2 aromatic rings. The van der Waals surface area contributed by atoms with Gasteiger partial charge in [-0.25, -0.2) is 8.42 Å². The summed E-state index contributed by atoms with van der Waals surface area (Å²) in [6, 6.07) is 12.1. The zero-order valence-electron chi connectivity index (χ0n) is 15.4. The van der Waals surface area contributed by atoms with Gasteiger partial charge in [0, 0.05) is 22.3 Å². The van der Waals surface area contributed by atoms with E-state index < -0.39 is 10.0 Å². The van der Waals surface area contributed by atoms with Gasteiger partial charge in [0.25, 0.3) is 5.91 Å². The van der Waals surface area contributed by atoms with E-state index in [0.717, 1.165) is 3.57 Å². The van der Waals surface area contributed by atoms with Crippen LogP contribution in [0.25, 0.3) is 0 Å². The molecule has 1 saturated heterocycles. The van der Waals surface area contributed by atoms with Crippen LogP contribution in [0.2, 0.25) is 0 Å². The molecule has 1 fully saturated rings. The molecule has 0 aromatic heterocycles. The molecular weight excluding hydrogens is 495 g/mol. The van der Waals surface area contributed by atoms with Crippen molar-refractivity contribution < 1.29 is 22.7 Å². The summed E-state index contributed by atoms with van der Waals surface area (Å²) in [5, 5.41) is 2.76. The Balaban J connectivity index is 1.62. The van der Waals surface area contributed by atoms with Crippen LogP contribution in [0.3, 0.4) is 0 Å². The van der Waals surface area contributed by atoms with Crippen molar-refractivity contribution in [1.29, 1.82) is 0 Å². The number of hydrogen-bond donors (Lipinski definition) is 1. The molecule has 0 unspecified atom stereocenters. The summed E-state index contributed by atoms with van der Waals surface area (Å²) in [5.41, 5.74) is 1.34. The fraction of sp³-hybridized carbons (Fsp3) is 0.316. The van der Waals surface area contributed by atoms with Crippen LogP contribution in [-0.4, -0.2) is 51.5 Å². The SMILES string of the molecule is Cc1cc(S(=O)(=O)N2CCOCC2)ccc1OCC(=O)Nc1ccc(I)cc1. The normalized spacial score (nSPS) is 15.2. The van der Waals surface area contributed by atoms with Gasteiger partial charge in [-0.2, -0.15) is 4.31 Å². The van der Waals surface area contributed by atoms with E-state index in [-0.39, 0.29) is 17.4 Å². The first kappa shape index (κ1) is 21.0. The number of ether oxygens (including phenoxy) is 2. The molecule has 0 saturated carbocycles. The first-order valence-electron chi connectivity index (χ1n) is 8.73. The predicted octanol–water partition coefficient (Wildman–Crippen LogP) is 2.64. The van der Waals surface area contributed by atoms with Crippen LogP contribution in [-0.2, 0) is 19.6 Å². The van der Waals surface area contributed by atoms with Gasteiger partial charge in [-0.3, -0.25) is 4.79 Å². The van der Waals surface area contributed by atoms with E-state index in [4.69, 9.17) is 9.47 Å². The van der Waals surface area contributed by atoms with Crippen LogP contribution in [0.15, 0.2) is 47.4 Å². The molecule has 1 aliphatic heterocycles. The molecule has 1 aliphatic rings. The van der Waals surface area contributed by atoms with Gasteiger partial charge in [-0.05, 0) is 77.5 Å². The summed E-state index contributed by atoms with van der Waals surface area (Å²) in [6.07, 6.45) is 0. The van der Waals surface area contributed by atoms with Crippen LogP contribution in [0.5, 0.6) is 5.75 Å². The summed E-state index contributed by atoms with van der Waals surface area (Å²) in [7, 11) is -3.56. The van der Waals surface area contributed by atoms with E-state index in [1.54, 1.807) is 19.1 Å². The van der Waals surface area contributed by atoms with E-state index >= 15 is 0 Å². The van der Waals surface area contributed by atoms with E-state index in [2.05, 4.69) is 27.9 Å². The van der Waals surface area contributed by atoms with Crippen LogP contribution in [0.4, 0.5) is 5.69 Å². The Labute approximate surface area is 178 Å². The average molecular weight is 516 g/mol. The van der Waals surface area contributed by atoms with Gasteiger partial charge in [-0.15, -0.1) is 0 Å². The monoisotopic (exact) mass is 516 g/mol. The third kappa shape index (κ3) is 5.22. The lowest BCUT2D eigenvalue weighted by Crippen LogP contribution is -2.40. The Hall–Kier alpha value is -1.69. The fourth-order valence-electron chi connectivity index (χ4n) is 2.75. The highest BCUT2D eigenvalue weighted by Gasteiger charge is 2.26. The lowest BCUT2D eigenvalue weighted by molar-refractivity contribution is -0.118. The number of aryl methyl sites for hydroxylation is 1. The quantitative estimate of drug-likeness (QED) is 0.597. The molecule has 1 heterocycles. The summed E-state index contributed by atoms with van der Waals surface area (Å²) in [6.45, 7) is 3.08. The number of rotatable bonds is 6. The smallest absolute Gasteiger partial charge is 0.262 e. The standard InChI is InChI=1S/C19H21IN2O5S/c1-14-12-17(28(24,25)22-8-10-26-11-9-22)6-7-18(14)27-13-19(23)21-16-4-2-15(20)3-5-16/h2-7,12H,8-11,13H2,1H3,(H,21,23). The molecule has 0 spiro atoms. The van der Waals surface area contributed by atoms with E-state index in [1.165, 1.54) is 10.4 Å². The third-order valence-corrected chi connectivity index (χ3v) is 6.85. The van der Waals surface area contributed by atoms with Crippen molar-refractivity contribution in [2.45, 2.75) is 11.8 Å². The highest BCUT2D eigenvalue weighted by molar-refractivity contribution is 14.1. The Kier molecular flexibility index (Phi) is 6.91. The molecule has 0 aliphatic carbocycles. The number of halogens is 1. The van der Waals surface area contributed by atoms with Crippen LogP contribution < -0.4 is 10.1 Å². The summed E-state index contributed by atoms with van der Waals surface area (Å²) >= 11 is 2.19. The van der Waals surface area contributed by atoms with Gasteiger partial charge >= 0.3 is 0 Å². The molecule has 0 bridgehead atoms. The Morgan fingerprint density at radius 3 is 2.50 bits per heavy atom. The third-order valence-electron chi connectivity index (χ3n) is 4.24. The number of nitrogens with zero attached hydrogens (tertiary/aromatic N) is 1. The van der Waals surface area contributed by atoms with Crippen molar-refractivity contribution in [3.63, 3.8) is 0 Å². The number of carbonyl (C=O) groups excluding carboxylic acids is 1. The maximum absolute atomic E-state index is 12.7. The number of anilines is 1. The van der Waals surface area contributed by atoms with E-state index in [1.807, 2.05) is 24.3 Å². The van der Waals surface area contributed by atoms with Gasteiger partial charge in [0.05, 0.1) is 18.1 Å². The fourth-order valence-corrected chi connectivity index (χ4v) is 4.61. The van der Waals surface area contributed by atoms with Crippen molar-refractivity contribution in [3.05, 3.63) is 51.6 Å². The van der Waals surface area contributed by atoms with Crippen LogP contribution >= 0.6 is 22.6 Å². The first-order valence-corrected chi connectivity index (χ1v) is 11.2. The lowest BCUT2D eigenvalue weighted by atomic mass is 10.2. The molecule has 0 radical (unpaired) electrons. The molecule has 0 atom stereocenters. The zero-order valence-corrected chi connectivity index (χ0v) is 18.3. The predicted molar refractivity (Wildman–Crippen MR) is 114 cm³/mol. The van der Waals surface area contributed by atoms with Crippen LogP contribution in [0.1, 0.15) is 5.56 Å². The van der Waals surface area contributed by atoms with Crippen molar-refractivity contribution in [2.75, 3.05) is 38.2 Å². The van der Waals surface area contributed by atoms with Gasteiger partial charge in [-0.1, -0.05) is 0 Å². The molecule has 1 amide bonds. The largest absolute Gasteiger partial charge is 0.483 e. The summed E-state index contributed by atoms with van der Waals surface area (Å²) < 4.78 is 38.7. The number of carbonyl (C=O) groups is 1. The highest BCUT2D eigenvalue weighted by atomic mass is 127. The molecular formula is C19H21IN2O5S. The van der Waals surface area contributed by atoms with Gasteiger partial charge in [0.15, 0.2) is 6.61 Å². The van der Waals surface area contributed by atoms with Crippen molar-refractivity contribution in [1.82, 2.24) is 4.31 Å². The van der Waals surface area contributed by atoms with Gasteiger partial charge in [0.1, 0.15) is 5.75 Å². The van der Waals surface area contributed by atoms with Gasteiger partial charge in [0.2, 0.25) is 10.0 Å². The van der Waals surface area contributed by atoms with E-state index in [0.29, 0.717) is 43.3 Å². The number of hydrogen-bond acceptors (Lipinski definition) is 5. The number of nitrogens with one attached hydrogen (secondary N) is 1. The number of benzene rings is 2. The maximum atomic E-state index is 12.7. The minimum atomic E-state index is -3.56. The molecule has 2 aromatic carbocycles. The minimum absolute atomic E-state index is 0.164. The van der Waals surface area contributed by atoms with Crippen molar-refractivity contribution in [3.8, 4) is 5.75 Å². The summed E-state index contributed by atoms with van der Waals surface area (Å²) in [5.74, 6) is 0.185. The maximum Gasteiger partial charge on any atom is 0.262 e. The molecule has 3 rings (SSSR count). The first-order chi connectivity index (χ1) is 13.4. The molecule has 7 nitrogen and oxygen atoms in total. The summed E-state index contributed by atoms with van der Waals surface area (Å²) in [4.78, 5) is 12.3. The highest BCUT2D eigenvalue weighted by Crippen LogP contribution is 2.24. The van der Waals surface area contributed by atoms with E-state index in [9.17, 15) is 13.2 Å². The van der Waals surface area contributed by atoms with Gasteiger partial charge < -0.3 is 14.8 Å². The van der Waals surface area contributed by atoms with Crippen molar-refractivity contribution in [2.24, 2.45) is 0 Å². The topological polar surface area (TPSA) is 84.9 Å². The number of morpholine rings is 1. The Morgan fingerprint density at radius 1 is 1.18 bits per heavy atom. The molecule has 9 heteroatoms. The Bertz CT molecular complexity index is 941.